The summed E-state index contributed by atoms with van der Waals surface area (Å²) in [6.45, 7) is 0.623. The van der Waals surface area contributed by atoms with Crippen LogP contribution in [-0.4, -0.2) is 65.6 Å². The molecule has 27 heavy (non-hydrogen) atoms. The van der Waals surface area contributed by atoms with E-state index in [4.69, 9.17) is 4.74 Å². The Morgan fingerprint density at radius 3 is 2.33 bits per heavy atom. The maximum Gasteiger partial charge on any atom is 0.251 e. The first-order chi connectivity index (χ1) is 13.1. The third-order valence-electron chi connectivity index (χ3n) is 4.92. The molecule has 0 bridgehead atoms. The summed E-state index contributed by atoms with van der Waals surface area (Å²) in [5.74, 6) is -0.189. The second-order valence-corrected chi connectivity index (χ2v) is 6.85. The topological polar surface area (TPSA) is 82.0 Å². The molecule has 3 rings (SSSR count). The molecule has 0 aromatic heterocycles. The number of aliphatic hydroxyl groups is 2. The highest BCUT2D eigenvalue weighted by Gasteiger charge is 2.45. The molecular formula is C21H26N2O4. The van der Waals surface area contributed by atoms with Crippen LogP contribution in [-0.2, 0) is 11.3 Å². The van der Waals surface area contributed by atoms with Gasteiger partial charge in [-0.2, -0.15) is 0 Å². The number of carbonyl (C=O) groups excluding carboxylic acids is 1. The standard InChI is InChI=1S/C21H26N2O4/c1-23(13-15-8-4-2-5-9-15)19-17(27-18(14-24)20(19)25)12-22-21(26)16-10-6-3-7-11-16/h2-11,17-20,24-25H,12-14H2,1H3,(H,22,26)/t17-,18+,19-,20-/m1/s1. The van der Waals surface area contributed by atoms with Gasteiger partial charge in [-0.3, -0.25) is 9.69 Å². The molecule has 3 N–H and O–H groups in total. The Morgan fingerprint density at radius 2 is 1.70 bits per heavy atom. The fourth-order valence-corrected chi connectivity index (χ4v) is 3.55. The lowest BCUT2D eigenvalue weighted by atomic mass is 10.0. The van der Waals surface area contributed by atoms with Crippen molar-refractivity contribution in [2.75, 3.05) is 20.2 Å². The van der Waals surface area contributed by atoms with Crippen LogP contribution in [0.1, 0.15) is 15.9 Å². The number of benzene rings is 2. The summed E-state index contributed by atoms with van der Waals surface area (Å²) in [6, 6.07) is 18.6. The molecule has 6 heteroatoms. The molecule has 0 aliphatic carbocycles. The maximum atomic E-state index is 12.3. The van der Waals surface area contributed by atoms with E-state index in [1.165, 1.54) is 0 Å². The van der Waals surface area contributed by atoms with Gasteiger partial charge in [0.1, 0.15) is 12.2 Å². The minimum Gasteiger partial charge on any atom is -0.394 e. The molecule has 6 nitrogen and oxygen atoms in total. The monoisotopic (exact) mass is 370 g/mol. The van der Waals surface area contributed by atoms with Gasteiger partial charge in [0, 0.05) is 18.7 Å². The Kier molecular flexibility index (Phi) is 6.58. The predicted molar refractivity (Wildman–Crippen MR) is 102 cm³/mol. The number of nitrogens with one attached hydrogen (secondary N) is 1. The van der Waals surface area contributed by atoms with Crippen LogP contribution >= 0.6 is 0 Å². The number of aliphatic hydroxyl groups excluding tert-OH is 2. The molecule has 4 atom stereocenters. The number of hydrogen-bond acceptors (Lipinski definition) is 5. The summed E-state index contributed by atoms with van der Waals surface area (Å²) in [7, 11) is 1.91. The van der Waals surface area contributed by atoms with E-state index in [0.29, 0.717) is 12.1 Å². The Morgan fingerprint density at radius 1 is 1.07 bits per heavy atom. The van der Waals surface area contributed by atoms with E-state index >= 15 is 0 Å². The lowest BCUT2D eigenvalue weighted by Crippen LogP contribution is -2.49. The van der Waals surface area contributed by atoms with Crippen molar-refractivity contribution in [1.82, 2.24) is 10.2 Å². The van der Waals surface area contributed by atoms with Gasteiger partial charge >= 0.3 is 0 Å². The van der Waals surface area contributed by atoms with Crippen LogP contribution in [0, 0.1) is 0 Å². The zero-order chi connectivity index (χ0) is 19.2. The summed E-state index contributed by atoms with van der Waals surface area (Å²) in [5, 5.41) is 23.0. The second kappa shape index (κ2) is 9.10. The van der Waals surface area contributed by atoms with Crippen molar-refractivity contribution >= 4 is 5.91 Å². The van der Waals surface area contributed by atoms with Crippen molar-refractivity contribution in [2.45, 2.75) is 30.9 Å². The molecule has 0 radical (unpaired) electrons. The molecule has 0 saturated carbocycles. The van der Waals surface area contributed by atoms with E-state index in [0.717, 1.165) is 5.56 Å². The van der Waals surface area contributed by atoms with Gasteiger partial charge in [-0.25, -0.2) is 0 Å². The largest absolute Gasteiger partial charge is 0.394 e. The number of rotatable bonds is 7. The Bertz CT molecular complexity index is 725. The van der Waals surface area contributed by atoms with Gasteiger partial charge in [-0.1, -0.05) is 48.5 Å². The van der Waals surface area contributed by atoms with E-state index in [-0.39, 0.29) is 25.1 Å². The Balaban J connectivity index is 1.66. The number of amides is 1. The summed E-state index contributed by atoms with van der Waals surface area (Å²) < 4.78 is 5.82. The van der Waals surface area contributed by atoms with Crippen molar-refractivity contribution < 1.29 is 19.7 Å². The highest BCUT2D eigenvalue weighted by atomic mass is 16.5. The molecule has 2 aromatic carbocycles. The molecule has 1 aliphatic rings. The molecule has 1 fully saturated rings. The normalized spacial score (nSPS) is 24.9. The first kappa shape index (κ1) is 19.5. The van der Waals surface area contributed by atoms with Crippen LogP contribution < -0.4 is 5.32 Å². The molecule has 0 unspecified atom stereocenters. The third kappa shape index (κ3) is 4.73. The highest BCUT2D eigenvalue weighted by molar-refractivity contribution is 5.94. The number of nitrogens with zero attached hydrogens (tertiary/aromatic N) is 1. The van der Waals surface area contributed by atoms with Crippen molar-refractivity contribution in [3.8, 4) is 0 Å². The maximum absolute atomic E-state index is 12.3. The van der Waals surface area contributed by atoms with Crippen LogP contribution in [0.2, 0.25) is 0 Å². The van der Waals surface area contributed by atoms with Crippen LogP contribution in [0.25, 0.3) is 0 Å². The van der Waals surface area contributed by atoms with Gasteiger partial charge < -0.3 is 20.3 Å². The average molecular weight is 370 g/mol. The average Bonchev–Trinajstić information content (AvgIpc) is 3.03. The molecule has 1 amide bonds. The van der Waals surface area contributed by atoms with Gasteiger partial charge in [0.15, 0.2) is 0 Å². The van der Waals surface area contributed by atoms with E-state index in [2.05, 4.69) is 5.32 Å². The summed E-state index contributed by atoms with van der Waals surface area (Å²) >= 11 is 0. The lowest BCUT2D eigenvalue weighted by Gasteiger charge is -2.30. The van der Waals surface area contributed by atoms with E-state index in [1.807, 2.05) is 60.5 Å². The van der Waals surface area contributed by atoms with Gasteiger partial charge in [0.25, 0.3) is 5.91 Å². The first-order valence-electron chi connectivity index (χ1n) is 9.12. The number of ether oxygens (including phenoxy) is 1. The molecule has 2 aromatic rings. The Labute approximate surface area is 159 Å². The fraction of sp³-hybridized carbons (Fsp3) is 0.381. The first-order valence-corrected chi connectivity index (χ1v) is 9.12. The molecule has 144 valence electrons. The van der Waals surface area contributed by atoms with E-state index < -0.39 is 18.3 Å². The van der Waals surface area contributed by atoms with E-state index in [1.54, 1.807) is 12.1 Å². The van der Waals surface area contributed by atoms with Crippen LogP contribution in [0.15, 0.2) is 60.7 Å². The molecule has 0 spiro atoms. The third-order valence-corrected chi connectivity index (χ3v) is 4.92. The molecular weight excluding hydrogens is 344 g/mol. The highest BCUT2D eigenvalue weighted by Crippen LogP contribution is 2.26. The summed E-state index contributed by atoms with van der Waals surface area (Å²) in [6.07, 6.45) is -1.91. The number of likely N-dealkylation sites (N-methyl/N-ethyl adjacent to an activating group) is 1. The zero-order valence-electron chi connectivity index (χ0n) is 15.4. The van der Waals surface area contributed by atoms with Gasteiger partial charge in [0.2, 0.25) is 0 Å². The van der Waals surface area contributed by atoms with Crippen molar-refractivity contribution in [3.05, 3.63) is 71.8 Å². The number of hydrogen-bond donors (Lipinski definition) is 3. The van der Waals surface area contributed by atoms with Crippen LogP contribution in [0.5, 0.6) is 0 Å². The summed E-state index contributed by atoms with van der Waals surface area (Å²) in [5.41, 5.74) is 1.69. The van der Waals surface area contributed by atoms with Crippen LogP contribution in [0.4, 0.5) is 0 Å². The van der Waals surface area contributed by atoms with Crippen molar-refractivity contribution in [3.63, 3.8) is 0 Å². The van der Waals surface area contributed by atoms with Gasteiger partial charge in [0.05, 0.1) is 18.8 Å². The molecule has 1 aliphatic heterocycles. The smallest absolute Gasteiger partial charge is 0.251 e. The fourth-order valence-electron chi connectivity index (χ4n) is 3.55. The zero-order valence-corrected chi connectivity index (χ0v) is 15.4. The Hall–Kier alpha value is -2.25. The quantitative estimate of drug-likeness (QED) is 0.678. The van der Waals surface area contributed by atoms with Crippen LogP contribution in [0.3, 0.4) is 0 Å². The SMILES string of the molecule is CN(Cc1ccccc1)[C@H]1[C@H](O)[C@H](CO)O[C@@H]1CNC(=O)c1ccccc1. The van der Waals surface area contributed by atoms with Crippen molar-refractivity contribution in [2.24, 2.45) is 0 Å². The number of carbonyl (C=O) groups is 1. The van der Waals surface area contributed by atoms with Gasteiger partial charge in [-0.15, -0.1) is 0 Å². The lowest BCUT2D eigenvalue weighted by molar-refractivity contribution is -0.0209. The van der Waals surface area contributed by atoms with Gasteiger partial charge in [-0.05, 0) is 24.7 Å². The summed E-state index contributed by atoms with van der Waals surface area (Å²) in [4.78, 5) is 14.3. The second-order valence-electron chi connectivity index (χ2n) is 6.85. The minimum absolute atomic E-state index is 0.189. The molecule has 1 saturated heterocycles. The van der Waals surface area contributed by atoms with Crippen molar-refractivity contribution in [1.29, 1.82) is 0 Å². The minimum atomic E-state index is -0.831. The predicted octanol–water partition coefficient (Wildman–Crippen LogP) is 1.04. The van der Waals surface area contributed by atoms with E-state index in [9.17, 15) is 15.0 Å². The molecule has 1 heterocycles.